The molecule has 0 aromatic rings. The Morgan fingerprint density at radius 3 is 1.67 bits per heavy atom. The number of quaternary nitrogens is 1. The molecule has 160 valence electrons. The van der Waals surface area contributed by atoms with E-state index in [1.54, 1.807) is 0 Å². The lowest BCUT2D eigenvalue weighted by molar-refractivity contribution is -0.873. The van der Waals surface area contributed by atoms with E-state index in [0.717, 1.165) is 12.8 Å². The van der Waals surface area contributed by atoms with Crippen LogP contribution in [0, 0.1) is 0 Å². The molecule has 0 rings (SSSR count). The molecule has 1 N–H and O–H groups in total. The number of esters is 1. The van der Waals surface area contributed by atoms with E-state index in [1.807, 2.05) is 21.1 Å². The van der Waals surface area contributed by atoms with E-state index in [0.29, 0.717) is 17.4 Å². The highest BCUT2D eigenvalue weighted by Gasteiger charge is 2.24. The SMILES string of the molecule is CCCCCCCCCCCCCCC(=O)O[C@H](CC(=O)O)C[N+](C)(C)C. The predicted octanol–water partition coefficient (Wildman–Crippen LogP) is 5.17. The van der Waals surface area contributed by atoms with E-state index in [-0.39, 0.29) is 12.4 Å². The van der Waals surface area contributed by atoms with Gasteiger partial charge in [-0.05, 0) is 6.42 Å². The molecule has 0 aromatic carbocycles. The van der Waals surface area contributed by atoms with Gasteiger partial charge in [0.05, 0.1) is 27.6 Å². The van der Waals surface area contributed by atoms with Crippen LogP contribution in [0.25, 0.3) is 0 Å². The summed E-state index contributed by atoms with van der Waals surface area (Å²) in [7, 11) is 5.90. The minimum atomic E-state index is -0.924. The Kier molecular flexibility index (Phi) is 15.3. The lowest BCUT2D eigenvalue weighted by Crippen LogP contribution is -2.43. The van der Waals surface area contributed by atoms with Gasteiger partial charge < -0.3 is 14.3 Å². The first kappa shape index (κ1) is 25.9. The minimum Gasteiger partial charge on any atom is -0.481 e. The molecular formula is C22H44NO4+. The molecule has 0 fully saturated rings. The molecule has 0 radical (unpaired) electrons. The largest absolute Gasteiger partial charge is 0.481 e. The fourth-order valence-electron chi connectivity index (χ4n) is 3.30. The van der Waals surface area contributed by atoms with Crippen LogP contribution in [0.3, 0.4) is 0 Å². The molecule has 0 heterocycles. The summed E-state index contributed by atoms with van der Waals surface area (Å²) in [5, 5.41) is 8.98. The standard InChI is InChI=1S/C22H43NO4/c1-5-6-7-8-9-10-11-12-13-14-15-16-17-22(26)27-20(18-21(24)25)19-23(2,3)4/h20H,5-19H2,1-4H3/p+1/t20-/m1/s1. The summed E-state index contributed by atoms with van der Waals surface area (Å²) >= 11 is 0. The number of carbonyl (C=O) groups excluding carboxylic acids is 1. The van der Waals surface area contributed by atoms with E-state index in [9.17, 15) is 9.59 Å². The van der Waals surface area contributed by atoms with Gasteiger partial charge in [0.15, 0.2) is 6.10 Å². The number of carboxylic acid groups (broad SMARTS) is 1. The molecule has 0 aliphatic heterocycles. The molecule has 5 heteroatoms. The Hall–Kier alpha value is -1.10. The summed E-state index contributed by atoms with van der Waals surface area (Å²) in [6, 6.07) is 0. The first-order valence-corrected chi connectivity index (χ1v) is 11.0. The zero-order valence-corrected chi connectivity index (χ0v) is 18.3. The van der Waals surface area contributed by atoms with Crippen molar-refractivity contribution in [3.8, 4) is 0 Å². The van der Waals surface area contributed by atoms with E-state index < -0.39 is 12.1 Å². The summed E-state index contributed by atoms with van der Waals surface area (Å²) < 4.78 is 5.98. The van der Waals surface area contributed by atoms with Crippen molar-refractivity contribution in [2.24, 2.45) is 0 Å². The smallest absolute Gasteiger partial charge is 0.307 e. The Morgan fingerprint density at radius 1 is 0.815 bits per heavy atom. The van der Waals surface area contributed by atoms with Crippen LogP contribution in [0.15, 0.2) is 0 Å². The molecule has 5 nitrogen and oxygen atoms in total. The van der Waals surface area contributed by atoms with E-state index in [4.69, 9.17) is 9.84 Å². The average molecular weight is 387 g/mol. The van der Waals surface area contributed by atoms with Crippen molar-refractivity contribution in [3.63, 3.8) is 0 Å². The number of carbonyl (C=O) groups is 2. The van der Waals surface area contributed by atoms with Crippen molar-refractivity contribution in [2.75, 3.05) is 27.7 Å². The molecule has 0 amide bonds. The second-order valence-corrected chi connectivity index (χ2v) is 8.82. The highest BCUT2D eigenvalue weighted by Crippen LogP contribution is 2.13. The summed E-state index contributed by atoms with van der Waals surface area (Å²) in [6.07, 6.45) is 14.8. The van der Waals surface area contributed by atoms with Gasteiger partial charge in [-0.2, -0.15) is 0 Å². The van der Waals surface area contributed by atoms with Crippen molar-refractivity contribution < 1.29 is 23.9 Å². The number of rotatable bonds is 18. The number of aliphatic carboxylic acids is 1. The highest BCUT2D eigenvalue weighted by molar-refractivity contribution is 5.71. The first-order chi connectivity index (χ1) is 12.7. The van der Waals surface area contributed by atoms with Gasteiger partial charge in [-0.15, -0.1) is 0 Å². The molecule has 0 unspecified atom stereocenters. The van der Waals surface area contributed by atoms with Crippen LogP contribution in [0.2, 0.25) is 0 Å². The van der Waals surface area contributed by atoms with Gasteiger partial charge in [-0.3, -0.25) is 9.59 Å². The molecule has 0 aromatic heterocycles. The normalized spacial score (nSPS) is 12.7. The number of carboxylic acids is 1. The molecule has 0 spiro atoms. The van der Waals surface area contributed by atoms with Crippen molar-refractivity contribution in [3.05, 3.63) is 0 Å². The molecule has 1 atom stereocenters. The maximum absolute atomic E-state index is 12.0. The summed E-state index contributed by atoms with van der Waals surface area (Å²) in [5.41, 5.74) is 0. The van der Waals surface area contributed by atoms with E-state index in [1.165, 1.54) is 64.2 Å². The summed E-state index contributed by atoms with van der Waals surface area (Å²) in [5.74, 6) is -1.19. The number of ether oxygens (including phenoxy) is 1. The number of likely N-dealkylation sites (N-methyl/N-ethyl adjacent to an activating group) is 1. The maximum Gasteiger partial charge on any atom is 0.307 e. The highest BCUT2D eigenvalue weighted by atomic mass is 16.5. The van der Waals surface area contributed by atoms with Crippen LogP contribution in [0.5, 0.6) is 0 Å². The van der Waals surface area contributed by atoms with Gasteiger partial charge in [0.25, 0.3) is 0 Å². The number of hydrogen-bond acceptors (Lipinski definition) is 3. The lowest BCUT2D eigenvalue weighted by atomic mass is 10.0. The first-order valence-electron chi connectivity index (χ1n) is 11.0. The Balaban J connectivity index is 3.67. The van der Waals surface area contributed by atoms with Gasteiger partial charge in [0, 0.05) is 6.42 Å². The monoisotopic (exact) mass is 386 g/mol. The molecule has 0 saturated carbocycles. The van der Waals surface area contributed by atoms with Crippen molar-refractivity contribution >= 4 is 11.9 Å². The summed E-state index contributed by atoms with van der Waals surface area (Å²) in [4.78, 5) is 22.9. The van der Waals surface area contributed by atoms with Crippen molar-refractivity contribution in [1.82, 2.24) is 0 Å². The molecule has 0 bridgehead atoms. The third kappa shape index (κ3) is 19.5. The zero-order valence-electron chi connectivity index (χ0n) is 18.3. The number of hydrogen-bond donors (Lipinski definition) is 1. The molecule has 0 saturated heterocycles. The molecule has 27 heavy (non-hydrogen) atoms. The lowest BCUT2D eigenvalue weighted by Gasteiger charge is -2.28. The maximum atomic E-state index is 12.0. The van der Waals surface area contributed by atoms with E-state index >= 15 is 0 Å². The van der Waals surface area contributed by atoms with Crippen LogP contribution in [-0.4, -0.2) is 55.3 Å². The van der Waals surface area contributed by atoms with Gasteiger partial charge in [-0.1, -0.05) is 77.6 Å². The van der Waals surface area contributed by atoms with Crippen molar-refractivity contribution in [2.45, 2.75) is 103 Å². The zero-order chi connectivity index (χ0) is 20.5. The predicted molar refractivity (Wildman–Crippen MR) is 111 cm³/mol. The van der Waals surface area contributed by atoms with Crippen LogP contribution in [-0.2, 0) is 14.3 Å². The quantitative estimate of drug-likeness (QED) is 0.200. The van der Waals surface area contributed by atoms with Crippen LogP contribution < -0.4 is 0 Å². The van der Waals surface area contributed by atoms with Crippen LogP contribution >= 0.6 is 0 Å². The summed E-state index contributed by atoms with van der Waals surface area (Å²) in [6.45, 7) is 2.76. The molecule has 0 aliphatic carbocycles. The third-order valence-electron chi connectivity index (χ3n) is 4.69. The number of nitrogens with zero attached hydrogens (tertiary/aromatic N) is 1. The van der Waals surface area contributed by atoms with Gasteiger partial charge in [-0.25, -0.2) is 0 Å². The Labute approximate surface area is 167 Å². The topological polar surface area (TPSA) is 63.6 Å². The van der Waals surface area contributed by atoms with Gasteiger partial charge in [0.2, 0.25) is 0 Å². The van der Waals surface area contributed by atoms with Crippen LogP contribution in [0.4, 0.5) is 0 Å². The van der Waals surface area contributed by atoms with Crippen molar-refractivity contribution in [1.29, 1.82) is 0 Å². The van der Waals surface area contributed by atoms with Gasteiger partial charge in [0.1, 0.15) is 6.54 Å². The molecule has 0 aliphatic rings. The third-order valence-corrected chi connectivity index (χ3v) is 4.69. The average Bonchev–Trinajstić information content (AvgIpc) is 2.53. The minimum absolute atomic E-state index is 0.125. The fraction of sp³-hybridized carbons (Fsp3) is 0.909. The fourth-order valence-corrected chi connectivity index (χ4v) is 3.30. The second kappa shape index (κ2) is 15.9. The Morgan fingerprint density at radius 2 is 1.26 bits per heavy atom. The van der Waals surface area contributed by atoms with Gasteiger partial charge >= 0.3 is 11.9 Å². The molecular weight excluding hydrogens is 342 g/mol. The van der Waals surface area contributed by atoms with E-state index in [2.05, 4.69) is 6.92 Å². The Bertz CT molecular complexity index is 390. The number of unbranched alkanes of at least 4 members (excludes halogenated alkanes) is 11. The van der Waals surface area contributed by atoms with Crippen LogP contribution in [0.1, 0.15) is 96.8 Å². The second-order valence-electron chi connectivity index (χ2n) is 8.82.